The highest BCUT2D eigenvalue weighted by Crippen LogP contribution is 2.31. The lowest BCUT2D eigenvalue weighted by Gasteiger charge is -2.28. The van der Waals surface area contributed by atoms with Crippen molar-refractivity contribution in [3.8, 4) is 11.5 Å². The molecule has 9 nitrogen and oxygen atoms in total. The number of rotatable bonds is 5. The first-order valence-corrected chi connectivity index (χ1v) is 11.8. The monoisotopic (exact) mass is 476 g/mol. The van der Waals surface area contributed by atoms with Gasteiger partial charge in [-0.3, -0.25) is 9.78 Å². The number of aliphatic hydroxyl groups is 1. The molecule has 0 spiro atoms. The minimum absolute atomic E-state index is 0.135. The Morgan fingerprint density at radius 1 is 1.15 bits per heavy atom. The second-order valence-electron chi connectivity index (χ2n) is 8.26. The van der Waals surface area contributed by atoms with Gasteiger partial charge in [-0.1, -0.05) is 11.3 Å². The zero-order valence-electron chi connectivity index (χ0n) is 18.9. The predicted octanol–water partition coefficient (Wildman–Crippen LogP) is 4.23. The Kier molecular flexibility index (Phi) is 6.08. The second kappa shape index (κ2) is 9.32. The van der Waals surface area contributed by atoms with Crippen molar-refractivity contribution >= 4 is 39.1 Å². The molecule has 1 amide bonds. The molecule has 3 aromatic heterocycles. The minimum Gasteiger partial charge on any atom is -0.455 e. The molecule has 34 heavy (non-hydrogen) atoms. The van der Waals surface area contributed by atoms with Crippen molar-refractivity contribution in [3.63, 3.8) is 0 Å². The zero-order valence-corrected chi connectivity index (χ0v) is 19.7. The molecule has 1 fully saturated rings. The average Bonchev–Trinajstić information content (AvgIpc) is 3.28. The molecule has 0 bridgehead atoms. The molecule has 1 saturated heterocycles. The van der Waals surface area contributed by atoms with Gasteiger partial charge in [0.25, 0.3) is 5.91 Å². The van der Waals surface area contributed by atoms with Crippen LogP contribution in [0.1, 0.15) is 33.9 Å². The number of aliphatic hydroxyl groups excluding tert-OH is 1. The van der Waals surface area contributed by atoms with Crippen LogP contribution in [0.5, 0.6) is 11.5 Å². The molecule has 0 radical (unpaired) electrons. The number of thiazole rings is 1. The first-order valence-electron chi connectivity index (χ1n) is 11.0. The van der Waals surface area contributed by atoms with Crippen molar-refractivity contribution in [1.82, 2.24) is 24.8 Å². The standard InChI is InChI=1S/C24H24N6O3S/c1-14-11-16(4-6-19(14)33-18-5-3-15(2)25-12-18)28-21-20-22(27-13-26-21)34-23(29-20)24(32)30-9-7-17(31)8-10-30/h3-6,11-13,17,31H,7-10H2,1-2H3,(H,26,27,28). The van der Waals surface area contributed by atoms with Crippen LogP contribution in [-0.4, -0.2) is 55.0 Å². The van der Waals surface area contributed by atoms with Crippen molar-refractivity contribution in [1.29, 1.82) is 0 Å². The van der Waals surface area contributed by atoms with Crippen molar-refractivity contribution in [2.24, 2.45) is 0 Å². The maximum Gasteiger partial charge on any atom is 0.282 e. The first-order chi connectivity index (χ1) is 16.5. The Morgan fingerprint density at radius 2 is 1.97 bits per heavy atom. The maximum atomic E-state index is 12.9. The summed E-state index contributed by atoms with van der Waals surface area (Å²) in [6.07, 6.45) is 4.00. The fourth-order valence-electron chi connectivity index (χ4n) is 3.76. The Labute approximate surface area is 200 Å². The maximum absolute atomic E-state index is 12.9. The molecule has 1 aromatic carbocycles. The molecule has 0 unspecified atom stereocenters. The fraction of sp³-hybridized carbons (Fsp3) is 0.292. The van der Waals surface area contributed by atoms with E-state index in [-0.39, 0.29) is 12.0 Å². The summed E-state index contributed by atoms with van der Waals surface area (Å²) in [6.45, 7) is 4.95. The summed E-state index contributed by atoms with van der Waals surface area (Å²) in [7, 11) is 0. The van der Waals surface area contributed by atoms with E-state index in [1.54, 1.807) is 11.1 Å². The highest BCUT2D eigenvalue weighted by Gasteiger charge is 2.25. The van der Waals surface area contributed by atoms with Gasteiger partial charge in [-0.25, -0.2) is 15.0 Å². The molecule has 2 N–H and O–H groups in total. The van der Waals surface area contributed by atoms with E-state index in [0.29, 0.717) is 52.9 Å². The third-order valence-corrected chi connectivity index (χ3v) is 6.63. The van der Waals surface area contributed by atoms with Gasteiger partial charge in [0.15, 0.2) is 10.8 Å². The summed E-state index contributed by atoms with van der Waals surface area (Å²) in [5, 5.41) is 13.4. The molecular weight excluding hydrogens is 452 g/mol. The normalized spacial score (nSPS) is 14.4. The fourth-order valence-corrected chi connectivity index (χ4v) is 4.64. The van der Waals surface area contributed by atoms with Gasteiger partial charge in [0.2, 0.25) is 0 Å². The van der Waals surface area contributed by atoms with Crippen molar-refractivity contribution in [2.45, 2.75) is 32.8 Å². The third-order valence-electron chi connectivity index (χ3n) is 5.68. The number of ether oxygens (including phenoxy) is 1. The number of hydrogen-bond donors (Lipinski definition) is 2. The summed E-state index contributed by atoms with van der Waals surface area (Å²) < 4.78 is 5.95. The molecular formula is C24H24N6O3S. The Balaban J connectivity index is 1.35. The molecule has 5 rings (SSSR count). The average molecular weight is 477 g/mol. The van der Waals surface area contributed by atoms with Crippen molar-refractivity contribution in [3.05, 3.63) is 59.1 Å². The van der Waals surface area contributed by atoms with Gasteiger partial charge >= 0.3 is 0 Å². The highest BCUT2D eigenvalue weighted by molar-refractivity contribution is 7.19. The van der Waals surface area contributed by atoms with Crippen LogP contribution in [0.3, 0.4) is 0 Å². The molecule has 10 heteroatoms. The van der Waals surface area contributed by atoms with Gasteiger partial charge < -0.3 is 20.1 Å². The lowest BCUT2D eigenvalue weighted by Crippen LogP contribution is -2.40. The lowest BCUT2D eigenvalue weighted by atomic mass is 10.1. The van der Waals surface area contributed by atoms with Crippen LogP contribution in [0.15, 0.2) is 42.9 Å². The van der Waals surface area contributed by atoms with E-state index in [2.05, 4.69) is 25.3 Å². The number of aryl methyl sites for hydroxylation is 2. The third kappa shape index (κ3) is 4.68. The smallest absolute Gasteiger partial charge is 0.282 e. The number of nitrogens with zero attached hydrogens (tertiary/aromatic N) is 5. The summed E-state index contributed by atoms with van der Waals surface area (Å²) >= 11 is 1.25. The van der Waals surface area contributed by atoms with E-state index < -0.39 is 0 Å². The number of aromatic nitrogens is 4. The number of likely N-dealkylation sites (tertiary alicyclic amines) is 1. The summed E-state index contributed by atoms with van der Waals surface area (Å²) in [5.74, 6) is 1.81. The van der Waals surface area contributed by atoms with Crippen molar-refractivity contribution in [2.75, 3.05) is 18.4 Å². The van der Waals surface area contributed by atoms with Gasteiger partial charge in [-0.2, -0.15) is 0 Å². The van der Waals surface area contributed by atoms with E-state index in [1.807, 2.05) is 44.2 Å². The van der Waals surface area contributed by atoms with E-state index in [1.165, 1.54) is 17.7 Å². The topological polar surface area (TPSA) is 113 Å². The number of hydrogen-bond acceptors (Lipinski definition) is 9. The van der Waals surface area contributed by atoms with Crippen LogP contribution < -0.4 is 10.1 Å². The van der Waals surface area contributed by atoms with Crippen LogP contribution in [0.4, 0.5) is 11.5 Å². The van der Waals surface area contributed by atoms with Gasteiger partial charge in [0.05, 0.1) is 12.3 Å². The van der Waals surface area contributed by atoms with Crippen molar-refractivity contribution < 1.29 is 14.6 Å². The largest absolute Gasteiger partial charge is 0.455 e. The van der Waals surface area contributed by atoms with E-state index in [0.717, 1.165) is 22.7 Å². The van der Waals surface area contributed by atoms with Gasteiger partial charge in [-0.05, 0) is 62.6 Å². The lowest BCUT2D eigenvalue weighted by molar-refractivity contribution is 0.0546. The van der Waals surface area contributed by atoms with E-state index >= 15 is 0 Å². The van der Waals surface area contributed by atoms with Crippen LogP contribution >= 0.6 is 11.3 Å². The molecule has 1 aliphatic rings. The van der Waals surface area contributed by atoms with E-state index in [4.69, 9.17) is 4.74 Å². The Bertz CT molecular complexity index is 1330. The number of nitrogens with one attached hydrogen (secondary N) is 1. The first kappa shape index (κ1) is 22.2. The number of anilines is 2. The second-order valence-corrected chi connectivity index (χ2v) is 9.24. The number of benzene rings is 1. The zero-order chi connectivity index (χ0) is 23.7. The van der Waals surface area contributed by atoms with Gasteiger partial charge in [-0.15, -0.1) is 0 Å². The number of piperidine rings is 1. The molecule has 174 valence electrons. The molecule has 4 aromatic rings. The van der Waals surface area contributed by atoms with Crippen LogP contribution in [0.2, 0.25) is 0 Å². The molecule has 1 aliphatic heterocycles. The highest BCUT2D eigenvalue weighted by atomic mass is 32.1. The Morgan fingerprint density at radius 3 is 2.71 bits per heavy atom. The van der Waals surface area contributed by atoms with E-state index in [9.17, 15) is 9.90 Å². The molecule has 0 atom stereocenters. The quantitative estimate of drug-likeness (QED) is 0.440. The van der Waals surface area contributed by atoms with Gasteiger partial charge in [0.1, 0.15) is 28.2 Å². The Hall–Kier alpha value is -3.63. The summed E-state index contributed by atoms with van der Waals surface area (Å²) in [6, 6.07) is 9.54. The minimum atomic E-state index is -0.338. The van der Waals surface area contributed by atoms with Crippen LogP contribution in [-0.2, 0) is 0 Å². The van der Waals surface area contributed by atoms with Crippen LogP contribution in [0, 0.1) is 13.8 Å². The number of pyridine rings is 1. The summed E-state index contributed by atoms with van der Waals surface area (Å²) in [4.78, 5) is 32.7. The number of carbonyl (C=O) groups is 1. The molecule has 0 saturated carbocycles. The van der Waals surface area contributed by atoms with Crippen LogP contribution in [0.25, 0.3) is 10.3 Å². The number of carbonyl (C=O) groups excluding carboxylic acids is 1. The molecule has 0 aliphatic carbocycles. The predicted molar refractivity (Wildman–Crippen MR) is 130 cm³/mol. The summed E-state index contributed by atoms with van der Waals surface area (Å²) in [5.41, 5.74) is 3.24. The SMILES string of the molecule is Cc1ccc(Oc2ccc(Nc3ncnc4sc(C(=O)N5CCC(O)CC5)nc34)cc2C)cn1. The number of amides is 1. The number of fused-ring (bicyclic) bond motifs is 1. The van der Waals surface area contributed by atoms with Gasteiger partial charge in [0, 0.05) is 24.5 Å². The molecule has 4 heterocycles.